The van der Waals surface area contributed by atoms with Gasteiger partial charge in [-0.2, -0.15) is 0 Å². The van der Waals surface area contributed by atoms with Crippen molar-refractivity contribution in [3.05, 3.63) is 12.2 Å². The molecule has 1 saturated carbocycles. The molecular weight excluding hydrogens is 84.1 g/mol. The molecule has 1 fully saturated rings. The summed E-state index contributed by atoms with van der Waals surface area (Å²) >= 11 is 0. The first-order valence-corrected chi connectivity index (χ1v) is 2.64. The molecule has 0 bridgehead atoms. The quantitative estimate of drug-likeness (QED) is 0.392. The summed E-state index contributed by atoms with van der Waals surface area (Å²) in [6, 6.07) is 0. The summed E-state index contributed by atoms with van der Waals surface area (Å²) in [5, 5.41) is 0. The van der Waals surface area contributed by atoms with Crippen LogP contribution in [0.5, 0.6) is 0 Å². The molecule has 2 aliphatic carbocycles. The van der Waals surface area contributed by atoms with Gasteiger partial charge >= 0.3 is 0 Å². The Hall–Kier alpha value is -0.700. The Morgan fingerprint density at radius 3 is 3.14 bits per heavy atom. The summed E-state index contributed by atoms with van der Waals surface area (Å²) in [5.74, 6) is 7.67. The number of hydrogen-bond donors (Lipinski definition) is 0. The third-order valence-corrected chi connectivity index (χ3v) is 1.54. The van der Waals surface area contributed by atoms with Crippen LogP contribution in [0, 0.1) is 23.7 Å². The van der Waals surface area contributed by atoms with Crippen LogP contribution in [0.1, 0.15) is 6.42 Å². The van der Waals surface area contributed by atoms with Crippen LogP contribution < -0.4 is 0 Å². The van der Waals surface area contributed by atoms with Crippen molar-refractivity contribution in [3.8, 4) is 11.8 Å². The molecule has 0 spiro atoms. The summed E-state index contributed by atoms with van der Waals surface area (Å²) in [6.07, 6.45) is 5.50. The second kappa shape index (κ2) is 0.924. The highest BCUT2D eigenvalue weighted by Crippen LogP contribution is 2.39. The number of hydrogen-bond acceptors (Lipinski definition) is 0. The fourth-order valence-electron chi connectivity index (χ4n) is 0.920. The molecule has 0 aromatic carbocycles. The predicted octanol–water partition coefficient (Wildman–Crippen LogP) is 1.20. The molecule has 0 amide bonds. The van der Waals surface area contributed by atoms with Crippen LogP contribution in [-0.4, -0.2) is 0 Å². The standard InChI is InChI=1S/C7H6/c1-2-4-7-5-6(7)3-1/h1,3,6-7H,5H2. The van der Waals surface area contributed by atoms with Gasteiger partial charge in [-0.15, -0.1) is 0 Å². The van der Waals surface area contributed by atoms with E-state index in [-0.39, 0.29) is 0 Å². The first kappa shape index (κ1) is 3.32. The lowest BCUT2D eigenvalue weighted by molar-refractivity contribution is 1.02. The highest BCUT2D eigenvalue weighted by atomic mass is 14.4. The second-order valence-electron chi connectivity index (χ2n) is 2.15. The Morgan fingerprint density at radius 2 is 2.57 bits per heavy atom. The van der Waals surface area contributed by atoms with E-state index in [1.54, 1.807) is 0 Å². The van der Waals surface area contributed by atoms with E-state index in [1.807, 2.05) is 6.08 Å². The fourth-order valence-corrected chi connectivity index (χ4v) is 0.920. The normalized spacial score (nSPS) is 41.1. The molecule has 7 heavy (non-hydrogen) atoms. The lowest BCUT2D eigenvalue weighted by Crippen LogP contribution is -1.75. The van der Waals surface area contributed by atoms with E-state index in [1.165, 1.54) is 6.42 Å². The smallest absolute Gasteiger partial charge is 0.0275 e. The minimum Gasteiger partial charge on any atom is -0.0945 e. The third-order valence-electron chi connectivity index (χ3n) is 1.54. The molecule has 2 aliphatic rings. The van der Waals surface area contributed by atoms with E-state index in [0.717, 1.165) is 11.8 Å². The Bertz CT molecular complexity index is 166. The van der Waals surface area contributed by atoms with Gasteiger partial charge in [0.2, 0.25) is 0 Å². The highest BCUT2D eigenvalue weighted by Gasteiger charge is 2.33. The summed E-state index contributed by atoms with van der Waals surface area (Å²) < 4.78 is 0. The zero-order valence-electron chi connectivity index (χ0n) is 4.02. The van der Waals surface area contributed by atoms with Gasteiger partial charge < -0.3 is 0 Å². The number of rotatable bonds is 0. The zero-order chi connectivity index (χ0) is 4.69. The van der Waals surface area contributed by atoms with Crippen LogP contribution in [0.4, 0.5) is 0 Å². The van der Waals surface area contributed by atoms with Crippen LogP contribution in [0.15, 0.2) is 12.2 Å². The van der Waals surface area contributed by atoms with Crippen LogP contribution in [0.25, 0.3) is 0 Å². The van der Waals surface area contributed by atoms with E-state index in [2.05, 4.69) is 17.9 Å². The van der Waals surface area contributed by atoms with Crippen LogP contribution in [0.2, 0.25) is 0 Å². The molecule has 0 heteroatoms. The lowest BCUT2D eigenvalue weighted by atomic mass is 10.2. The van der Waals surface area contributed by atoms with E-state index in [9.17, 15) is 0 Å². The summed E-state index contributed by atoms with van der Waals surface area (Å²) in [5.41, 5.74) is 0. The molecule has 34 valence electrons. The molecule has 2 atom stereocenters. The van der Waals surface area contributed by atoms with Crippen molar-refractivity contribution in [2.24, 2.45) is 11.8 Å². The van der Waals surface area contributed by atoms with Crippen molar-refractivity contribution in [3.63, 3.8) is 0 Å². The Balaban J connectivity index is 2.37. The molecule has 0 N–H and O–H groups in total. The number of allylic oxidation sites excluding steroid dienone is 2. The molecule has 0 heterocycles. The van der Waals surface area contributed by atoms with Crippen molar-refractivity contribution >= 4 is 0 Å². The maximum absolute atomic E-state index is 3.12. The first-order valence-electron chi connectivity index (χ1n) is 2.64. The predicted molar refractivity (Wildman–Crippen MR) is 28.5 cm³/mol. The molecule has 2 unspecified atom stereocenters. The van der Waals surface area contributed by atoms with Gasteiger partial charge in [-0.3, -0.25) is 0 Å². The highest BCUT2D eigenvalue weighted by molar-refractivity contribution is 5.30. The average molecular weight is 90.1 g/mol. The fraction of sp³-hybridized carbons (Fsp3) is 0.429. The molecule has 0 aromatic heterocycles. The van der Waals surface area contributed by atoms with Crippen molar-refractivity contribution in [1.82, 2.24) is 0 Å². The van der Waals surface area contributed by atoms with Gasteiger partial charge in [-0.25, -0.2) is 0 Å². The van der Waals surface area contributed by atoms with Crippen LogP contribution in [-0.2, 0) is 0 Å². The van der Waals surface area contributed by atoms with Crippen LogP contribution in [0.3, 0.4) is 0 Å². The molecule has 0 aromatic rings. The molecular formula is C7H6. The second-order valence-corrected chi connectivity index (χ2v) is 2.15. The lowest BCUT2D eigenvalue weighted by Gasteiger charge is -1.82. The topological polar surface area (TPSA) is 0 Å². The van der Waals surface area contributed by atoms with E-state index < -0.39 is 0 Å². The Labute approximate surface area is 43.2 Å². The summed E-state index contributed by atoms with van der Waals surface area (Å²) in [6.45, 7) is 0. The maximum Gasteiger partial charge on any atom is 0.0275 e. The van der Waals surface area contributed by atoms with E-state index in [4.69, 9.17) is 0 Å². The number of fused-ring (bicyclic) bond motifs is 1. The minimum absolute atomic E-state index is 0.755. The van der Waals surface area contributed by atoms with Crippen molar-refractivity contribution in [1.29, 1.82) is 0 Å². The summed E-state index contributed by atoms with van der Waals surface area (Å²) in [7, 11) is 0. The van der Waals surface area contributed by atoms with Crippen LogP contribution >= 0.6 is 0 Å². The third kappa shape index (κ3) is 0.381. The maximum atomic E-state index is 3.12. The molecule has 2 rings (SSSR count). The molecule has 0 aliphatic heterocycles. The van der Waals surface area contributed by atoms with E-state index in [0.29, 0.717) is 0 Å². The van der Waals surface area contributed by atoms with Crippen molar-refractivity contribution in [2.75, 3.05) is 0 Å². The zero-order valence-corrected chi connectivity index (χ0v) is 4.02. The molecule has 0 saturated heterocycles. The first-order chi connectivity index (χ1) is 3.47. The monoisotopic (exact) mass is 90.0 g/mol. The molecule has 0 nitrogen and oxygen atoms in total. The average Bonchev–Trinajstić information content (AvgIpc) is 2.41. The van der Waals surface area contributed by atoms with Gasteiger partial charge in [0.1, 0.15) is 0 Å². The van der Waals surface area contributed by atoms with Gasteiger partial charge in [0.05, 0.1) is 0 Å². The van der Waals surface area contributed by atoms with Gasteiger partial charge in [-0.05, 0) is 18.4 Å². The minimum atomic E-state index is 0.755. The van der Waals surface area contributed by atoms with Gasteiger partial charge in [0.25, 0.3) is 0 Å². The van der Waals surface area contributed by atoms with E-state index >= 15 is 0 Å². The van der Waals surface area contributed by atoms with Crippen molar-refractivity contribution in [2.45, 2.75) is 6.42 Å². The van der Waals surface area contributed by atoms with Gasteiger partial charge in [0.15, 0.2) is 0 Å². The van der Waals surface area contributed by atoms with Gasteiger partial charge in [0, 0.05) is 5.92 Å². The largest absolute Gasteiger partial charge is 0.0945 e. The summed E-state index contributed by atoms with van der Waals surface area (Å²) in [4.78, 5) is 0. The van der Waals surface area contributed by atoms with Gasteiger partial charge in [-0.1, -0.05) is 17.9 Å². The van der Waals surface area contributed by atoms with Crippen molar-refractivity contribution < 1.29 is 0 Å². The molecule has 0 radical (unpaired) electrons. The SMILES string of the molecule is C1#CC2CC2C=C1. The Morgan fingerprint density at radius 1 is 1.57 bits per heavy atom. The Kier molecular flexibility index (Phi) is 0.438.